The van der Waals surface area contributed by atoms with Gasteiger partial charge in [0.1, 0.15) is 0 Å². The minimum atomic E-state index is -5.73. The first-order valence-corrected chi connectivity index (χ1v) is 14.2. The van der Waals surface area contributed by atoms with Crippen molar-refractivity contribution in [2.75, 3.05) is 6.79 Å². The summed E-state index contributed by atoms with van der Waals surface area (Å²) in [5.41, 5.74) is -3.91. The maximum atomic E-state index is 14.1. The number of carbonyl (C=O) groups is 2. The van der Waals surface area contributed by atoms with E-state index in [9.17, 15) is 22.9 Å². The van der Waals surface area contributed by atoms with Gasteiger partial charge in [-0.05, 0) is 50.1 Å². The molecular weight excluding hydrogens is 655 g/mol. The van der Waals surface area contributed by atoms with E-state index in [0.717, 1.165) is 17.4 Å². The molecule has 0 aliphatic heterocycles. The van der Waals surface area contributed by atoms with Crippen LogP contribution in [0.4, 0.5) is 8.78 Å². The Morgan fingerprint density at radius 2 is 1.68 bits per heavy atom. The largest absolute Gasteiger partial charge is 0.427 e. The first-order valence-electron chi connectivity index (χ1n) is 10.9. The fourth-order valence-electron chi connectivity index (χ4n) is 3.18. The number of ether oxygens (including phenoxy) is 2. The van der Waals surface area contributed by atoms with Gasteiger partial charge in [-0.3, -0.25) is 14.8 Å². The van der Waals surface area contributed by atoms with Gasteiger partial charge in [0, 0.05) is 74.5 Å². The van der Waals surface area contributed by atoms with Crippen molar-refractivity contribution in [3.8, 4) is 11.3 Å². The molecule has 40 heavy (non-hydrogen) atoms. The number of halogens is 3. The molecule has 0 fully saturated rings. The molecule has 2 aromatic carbocycles. The van der Waals surface area contributed by atoms with Gasteiger partial charge in [-0.25, -0.2) is 4.79 Å². The van der Waals surface area contributed by atoms with Gasteiger partial charge in [0.2, 0.25) is 6.79 Å². The number of hydrogen-bond acceptors (Lipinski definition) is 7. The van der Waals surface area contributed by atoms with Crippen LogP contribution in [-0.4, -0.2) is 92.2 Å². The minimum Gasteiger partial charge on any atom is -0.427 e. The van der Waals surface area contributed by atoms with Crippen LogP contribution in [0.25, 0.3) is 11.3 Å². The second-order valence-corrected chi connectivity index (χ2v) is 12.6. The van der Waals surface area contributed by atoms with E-state index in [1.807, 2.05) is 0 Å². The normalized spacial score (nSPS) is 11.7. The van der Waals surface area contributed by atoms with Gasteiger partial charge >= 0.3 is 25.2 Å². The number of rotatable bonds is 8. The summed E-state index contributed by atoms with van der Waals surface area (Å²) in [5.74, 6) is -1.19. The van der Waals surface area contributed by atoms with Crippen molar-refractivity contribution in [1.29, 1.82) is 5.41 Å². The third-order valence-corrected chi connectivity index (χ3v) is 7.70. The van der Waals surface area contributed by atoms with Gasteiger partial charge in [0.15, 0.2) is 4.80 Å². The smallest absolute Gasteiger partial charge is 0.399 e. The Bertz CT molecular complexity index is 1470. The van der Waals surface area contributed by atoms with Crippen molar-refractivity contribution in [1.82, 2.24) is 4.57 Å². The number of benzene rings is 2. The van der Waals surface area contributed by atoms with E-state index in [4.69, 9.17) is 24.7 Å². The molecule has 16 heteroatoms. The van der Waals surface area contributed by atoms with E-state index >= 15 is 0 Å². The molecule has 3 N–H and O–H groups in total. The molecule has 2 radical (unpaired) electrons. The molecule has 0 amide bonds. The van der Waals surface area contributed by atoms with Gasteiger partial charge in [0.05, 0.1) is 23.2 Å². The van der Waals surface area contributed by atoms with E-state index in [1.54, 1.807) is 42.9 Å². The van der Waals surface area contributed by atoms with Crippen LogP contribution in [0.5, 0.6) is 0 Å². The summed E-state index contributed by atoms with van der Waals surface area (Å²) in [5, 5.41) is 9.99. The van der Waals surface area contributed by atoms with Crippen LogP contribution < -0.4 is 4.80 Å². The van der Waals surface area contributed by atoms with Gasteiger partial charge in [-0.2, -0.15) is 8.78 Å². The van der Waals surface area contributed by atoms with Gasteiger partial charge in [-0.1, -0.05) is 40.2 Å². The first kappa shape index (κ1) is 37.3. The van der Waals surface area contributed by atoms with Crippen LogP contribution in [0, 0.1) is 10.8 Å². The molecule has 0 atom stereocenters. The molecule has 0 aliphatic carbocycles. The Labute approximate surface area is 285 Å². The van der Waals surface area contributed by atoms with Crippen molar-refractivity contribution in [3.63, 3.8) is 0 Å². The summed E-state index contributed by atoms with van der Waals surface area (Å²) in [7, 11) is -5.73. The molecule has 3 rings (SSSR count). The second-order valence-electron chi connectivity index (χ2n) is 9.22. The average Bonchev–Trinajstić information content (AvgIpc) is 3.17. The van der Waals surface area contributed by atoms with Crippen molar-refractivity contribution in [2.24, 2.45) is 5.41 Å². The molecule has 206 valence electrons. The number of alkyl halides is 2. The summed E-state index contributed by atoms with van der Waals surface area (Å²) in [6.07, 6.45) is 0. The summed E-state index contributed by atoms with van der Waals surface area (Å²) in [4.78, 5) is 42.2. The fraction of sp³-hybridized carbons (Fsp3) is 0.292. The quantitative estimate of drug-likeness (QED) is 0.136. The SMILES string of the molecule is CC(C)(C)C(=O)OCOC(=O)c1ccc(-c2csc(=N)n2Cc2ccc(C(F)(F)P(=O)(O)O)c(Br)c2)cc1.[Na].[Na]. The maximum absolute atomic E-state index is 14.1. The number of carbonyl (C=O) groups excluding carboxylic acids is 2. The van der Waals surface area contributed by atoms with Gasteiger partial charge in [0.25, 0.3) is 0 Å². The van der Waals surface area contributed by atoms with Crippen LogP contribution in [-0.2, 0) is 31.0 Å². The van der Waals surface area contributed by atoms with E-state index in [0.29, 0.717) is 16.8 Å². The van der Waals surface area contributed by atoms with Crippen LogP contribution in [0.1, 0.15) is 42.3 Å². The molecule has 0 saturated carbocycles. The average molecular weight is 679 g/mol. The van der Waals surface area contributed by atoms with Crippen molar-refractivity contribution >= 4 is 106 Å². The zero-order chi connectivity index (χ0) is 28.5. The minimum absolute atomic E-state index is 0. The molecule has 3 aromatic rings. The molecule has 0 bridgehead atoms. The second kappa shape index (κ2) is 14.7. The number of hydrogen-bond donors (Lipinski definition) is 3. The summed E-state index contributed by atoms with van der Waals surface area (Å²) < 4.78 is 50.9. The number of thiazole rings is 1. The Morgan fingerprint density at radius 3 is 2.20 bits per heavy atom. The Morgan fingerprint density at radius 1 is 1.07 bits per heavy atom. The van der Waals surface area contributed by atoms with Crippen LogP contribution in [0.3, 0.4) is 0 Å². The van der Waals surface area contributed by atoms with Gasteiger partial charge in [-0.15, -0.1) is 11.3 Å². The topological polar surface area (TPSA) is 139 Å². The van der Waals surface area contributed by atoms with E-state index in [1.165, 1.54) is 24.3 Å². The molecule has 9 nitrogen and oxygen atoms in total. The summed E-state index contributed by atoms with van der Waals surface area (Å²) >= 11 is 4.11. The monoisotopic (exact) mass is 678 g/mol. The first-order chi connectivity index (χ1) is 17.5. The number of esters is 2. The predicted molar refractivity (Wildman–Crippen MR) is 150 cm³/mol. The summed E-state index contributed by atoms with van der Waals surface area (Å²) in [6.45, 7) is 4.62. The maximum Gasteiger partial charge on any atom is 0.399 e. The molecule has 0 unspecified atom stereocenters. The number of nitrogens with zero attached hydrogens (tertiary/aromatic N) is 1. The van der Waals surface area contributed by atoms with Crippen LogP contribution in [0.2, 0.25) is 0 Å². The van der Waals surface area contributed by atoms with E-state index in [-0.39, 0.29) is 80.5 Å². The summed E-state index contributed by atoms with van der Waals surface area (Å²) in [6, 6.07) is 9.90. The zero-order valence-electron chi connectivity index (χ0n) is 22.4. The third kappa shape index (κ3) is 8.90. The van der Waals surface area contributed by atoms with Crippen molar-refractivity contribution in [3.05, 3.63) is 73.8 Å². The molecule has 0 saturated heterocycles. The predicted octanol–water partition coefficient (Wildman–Crippen LogP) is 4.68. The Balaban J connectivity index is 0.00000400. The Hall–Kier alpha value is -0.700. The van der Waals surface area contributed by atoms with Gasteiger partial charge < -0.3 is 23.8 Å². The fourth-order valence-corrected chi connectivity index (χ4v) is 5.30. The molecule has 1 aromatic heterocycles. The van der Waals surface area contributed by atoms with E-state index < -0.39 is 43.0 Å². The van der Waals surface area contributed by atoms with Crippen molar-refractivity contribution in [2.45, 2.75) is 33.0 Å². The number of nitrogens with one attached hydrogen (secondary N) is 1. The molecular formula is C24H24BrF2N2Na2O7PS. The third-order valence-electron chi connectivity index (χ3n) is 5.29. The molecule has 1 heterocycles. The molecule has 0 spiro atoms. The number of aromatic nitrogens is 1. The van der Waals surface area contributed by atoms with Crippen LogP contribution in [0.15, 0.2) is 52.3 Å². The standard InChI is InChI=1S/C24H24BrF2N2O7PS.2Na/c1-23(2,3)21(31)36-13-35-20(30)16-7-5-15(6-8-16)19-12-38-22(28)29(19)11-14-4-9-17(18(25)10-14)24(26,27)37(32,33)34;;/h4-10,12,28H,11,13H2,1-3H3,(H2,32,33,34);;. The Kier molecular flexibility index (Phi) is 13.7. The van der Waals surface area contributed by atoms with Crippen LogP contribution >= 0.6 is 34.9 Å². The van der Waals surface area contributed by atoms with Crippen molar-refractivity contribution < 1.29 is 42.2 Å². The molecule has 0 aliphatic rings. The zero-order valence-corrected chi connectivity index (χ0v) is 29.7. The van der Waals surface area contributed by atoms with E-state index in [2.05, 4.69) is 15.9 Å².